The Morgan fingerprint density at radius 1 is 1.23 bits per heavy atom. The zero-order valence-electron chi connectivity index (χ0n) is 12.0. The predicted molar refractivity (Wildman–Crippen MR) is 70.7 cm³/mol. The van der Waals surface area contributed by atoms with Crippen molar-refractivity contribution in [3.05, 3.63) is 35.1 Å². The molecule has 7 heteroatoms. The standard InChI is InChI=1S/C15H17F4NO2/c1-20-10-5-14(21,6-11(20)8-22-7-10)9-2-3-12(13(16)4-9)15(17,18)19/h2-4,10-11,21H,5-8H2,1H3. The third kappa shape index (κ3) is 2.61. The lowest BCUT2D eigenvalue weighted by molar-refractivity contribution is -0.141. The number of benzene rings is 1. The monoisotopic (exact) mass is 319 g/mol. The summed E-state index contributed by atoms with van der Waals surface area (Å²) in [6.07, 6.45) is -4.11. The second-order valence-corrected chi connectivity index (χ2v) is 6.14. The molecule has 2 aliphatic heterocycles. The molecular formula is C15H17F4NO2. The lowest BCUT2D eigenvalue weighted by Gasteiger charge is -2.50. The number of aliphatic hydroxyl groups is 1. The fourth-order valence-corrected chi connectivity index (χ4v) is 3.41. The van der Waals surface area contributed by atoms with E-state index in [0.29, 0.717) is 32.1 Å². The van der Waals surface area contributed by atoms with Crippen LogP contribution in [-0.4, -0.2) is 42.4 Å². The average Bonchev–Trinajstić information content (AvgIpc) is 2.39. The number of fused-ring (bicyclic) bond motifs is 2. The summed E-state index contributed by atoms with van der Waals surface area (Å²) in [4.78, 5) is 2.11. The third-order valence-electron chi connectivity index (χ3n) is 4.73. The van der Waals surface area contributed by atoms with Crippen LogP contribution >= 0.6 is 0 Å². The second-order valence-electron chi connectivity index (χ2n) is 6.14. The smallest absolute Gasteiger partial charge is 0.385 e. The Kier molecular flexibility index (Phi) is 3.70. The number of ether oxygens (including phenoxy) is 1. The minimum atomic E-state index is -4.73. The van der Waals surface area contributed by atoms with E-state index in [2.05, 4.69) is 4.90 Å². The van der Waals surface area contributed by atoms with Gasteiger partial charge in [0.1, 0.15) is 5.82 Å². The number of alkyl halides is 3. The number of likely N-dealkylation sites (N-methyl/N-ethyl adjacent to an activating group) is 1. The Morgan fingerprint density at radius 2 is 1.82 bits per heavy atom. The van der Waals surface area contributed by atoms with Gasteiger partial charge in [0.25, 0.3) is 0 Å². The minimum Gasteiger partial charge on any atom is -0.385 e. The van der Waals surface area contributed by atoms with E-state index in [-0.39, 0.29) is 17.6 Å². The Bertz CT molecular complexity index is 561. The number of hydrogen-bond donors (Lipinski definition) is 1. The van der Waals surface area contributed by atoms with Crippen LogP contribution in [0.3, 0.4) is 0 Å². The summed E-state index contributed by atoms with van der Waals surface area (Å²) in [6, 6.07) is 2.64. The van der Waals surface area contributed by atoms with Crippen molar-refractivity contribution >= 4 is 0 Å². The van der Waals surface area contributed by atoms with Crippen LogP contribution in [0.25, 0.3) is 0 Å². The fourth-order valence-electron chi connectivity index (χ4n) is 3.41. The zero-order valence-corrected chi connectivity index (χ0v) is 12.0. The molecule has 2 saturated heterocycles. The Morgan fingerprint density at radius 3 is 2.32 bits per heavy atom. The molecular weight excluding hydrogens is 302 g/mol. The fraction of sp³-hybridized carbons (Fsp3) is 0.600. The number of rotatable bonds is 1. The molecule has 2 heterocycles. The molecule has 2 unspecified atom stereocenters. The van der Waals surface area contributed by atoms with Crippen molar-refractivity contribution in [2.75, 3.05) is 20.3 Å². The quantitative estimate of drug-likeness (QED) is 0.808. The van der Waals surface area contributed by atoms with Crippen LogP contribution < -0.4 is 0 Å². The normalized spacial score (nSPS) is 33.0. The van der Waals surface area contributed by atoms with Crippen molar-refractivity contribution in [3.63, 3.8) is 0 Å². The molecule has 1 N–H and O–H groups in total. The summed E-state index contributed by atoms with van der Waals surface area (Å²) in [7, 11) is 1.94. The molecule has 0 spiro atoms. The molecule has 22 heavy (non-hydrogen) atoms. The van der Waals surface area contributed by atoms with Gasteiger partial charge >= 0.3 is 6.18 Å². The first kappa shape index (κ1) is 15.7. The summed E-state index contributed by atoms with van der Waals surface area (Å²) in [6.45, 7) is 0.914. The molecule has 0 saturated carbocycles. The van der Waals surface area contributed by atoms with E-state index in [9.17, 15) is 22.7 Å². The van der Waals surface area contributed by atoms with Gasteiger partial charge in [-0.1, -0.05) is 6.07 Å². The van der Waals surface area contributed by atoms with E-state index in [1.54, 1.807) is 0 Å². The van der Waals surface area contributed by atoms with Crippen LogP contribution in [0, 0.1) is 5.82 Å². The van der Waals surface area contributed by atoms with E-state index in [0.717, 1.165) is 6.07 Å². The maximum absolute atomic E-state index is 13.8. The Labute approximate surface area is 125 Å². The SMILES string of the molecule is CN1C2COCC1CC(O)(c1ccc(C(F)(F)F)c(F)c1)C2. The molecule has 0 aromatic heterocycles. The highest BCUT2D eigenvalue weighted by atomic mass is 19.4. The molecule has 3 nitrogen and oxygen atoms in total. The van der Waals surface area contributed by atoms with Crippen LogP contribution in [-0.2, 0) is 16.5 Å². The van der Waals surface area contributed by atoms with Crippen LogP contribution in [0.4, 0.5) is 17.6 Å². The second kappa shape index (κ2) is 5.18. The van der Waals surface area contributed by atoms with Gasteiger partial charge in [-0.05, 0) is 37.6 Å². The molecule has 2 bridgehead atoms. The van der Waals surface area contributed by atoms with Gasteiger partial charge in [-0.2, -0.15) is 13.2 Å². The lowest BCUT2D eigenvalue weighted by atomic mass is 9.77. The van der Waals surface area contributed by atoms with Crippen molar-refractivity contribution in [3.8, 4) is 0 Å². The predicted octanol–water partition coefficient (Wildman–Crippen LogP) is 2.53. The Balaban J connectivity index is 1.92. The van der Waals surface area contributed by atoms with Crippen molar-refractivity contribution in [2.45, 2.75) is 36.7 Å². The van der Waals surface area contributed by atoms with E-state index in [1.807, 2.05) is 7.05 Å². The number of morpholine rings is 1. The van der Waals surface area contributed by atoms with Gasteiger partial charge in [-0.15, -0.1) is 0 Å². The number of hydrogen-bond acceptors (Lipinski definition) is 3. The molecule has 0 aliphatic carbocycles. The summed E-state index contributed by atoms with van der Waals surface area (Å²) in [5.41, 5.74) is -2.43. The molecule has 3 rings (SSSR count). The van der Waals surface area contributed by atoms with Crippen LogP contribution in [0.2, 0.25) is 0 Å². The summed E-state index contributed by atoms with van der Waals surface area (Å²) < 4.78 is 57.1. The summed E-state index contributed by atoms with van der Waals surface area (Å²) >= 11 is 0. The van der Waals surface area contributed by atoms with Crippen molar-refractivity contribution in [1.82, 2.24) is 4.90 Å². The average molecular weight is 319 g/mol. The molecule has 2 aliphatic rings. The molecule has 2 atom stereocenters. The summed E-state index contributed by atoms with van der Waals surface area (Å²) in [5, 5.41) is 10.9. The minimum absolute atomic E-state index is 0.0251. The van der Waals surface area contributed by atoms with Crippen LogP contribution in [0.5, 0.6) is 0 Å². The van der Waals surface area contributed by atoms with Gasteiger partial charge in [-0.25, -0.2) is 4.39 Å². The topological polar surface area (TPSA) is 32.7 Å². The maximum Gasteiger partial charge on any atom is 0.419 e. The largest absolute Gasteiger partial charge is 0.419 e. The van der Waals surface area contributed by atoms with Gasteiger partial charge in [0.15, 0.2) is 0 Å². The van der Waals surface area contributed by atoms with Gasteiger partial charge in [-0.3, -0.25) is 4.90 Å². The van der Waals surface area contributed by atoms with E-state index < -0.39 is 23.2 Å². The zero-order chi connectivity index (χ0) is 16.1. The first-order valence-electron chi connectivity index (χ1n) is 7.10. The van der Waals surface area contributed by atoms with Crippen LogP contribution in [0.1, 0.15) is 24.0 Å². The van der Waals surface area contributed by atoms with E-state index in [1.165, 1.54) is 6.07 Å². The molecule has 0 radical (unpaired) electrons. The number of piperidine rings is 1. The van der Waals surface area contributed by atoms with Crippen molar-refractivity contribution < 1.29 is 27.4 Å². The molecule has 2 fully saturated rings. The van der Waals surface area contributed by atoms with Crippen molar-refractivity contribution in [1.29, 1.82) is 0 Å². The highest BCUT2D eigenvalue weighted by Gasteiger charge is 2.46. The summed E-state index contributed by atoms with van der Waals surface area (Å²) in [5.74, 6) is -1.35. The van der Waals surface area contributed by atoms with Gasteiger partial charge in [0.05, 0.1) is 24.4 Å². The van der Waals surface area contributed by atoms with E-state index in [4.69, 9.17) is 4.74 Å². The molecule has 0 amide bonds. The van der Waals surface area contributed by atoms with Crippen molar-refractivity contribution in [2.24, 2.45) is 0 Å². The number of nitrogens with zero attached hydrogens (tertiary/aromatic N) is 1. The Hall–Kier alpha value is -1.18. The van der Waals surface area contributed by atoms with E-state index >= 15 is 0 Å². The molecule has 122 valence electrons. The highest BCUT2D eigenvalue weighted by molar-refractivity contribution is 5.31. The van der Waals surface area contributed by atoms with Crippen LogP contribution in [0.15, 0.2) is 18.2 Å². The number of halogens is 4. The van der Waals surface area contributed by atoms with Gasteiger partial charge in [0.2, 0.25) is 0 Å². The first-order valence-corrected chi connectivity index (χ1v) is 7.10. The maximum atomic E-state index is 13.8. The van der Waals surface area contributed by atoms with Gasteiger partial charge < -0.3 is 9.84 Å². The molecule has 1 aromatic rings. The first-order chi connectivity index (χ1) is 10.2. The van der Waals surface area contributed by atoms with Gasteiger partial charge in [0, 0.05) is 12.1 Å². The molecule has 1 aromatic carbocycles. The third-order valence-corrected chi connectivity index (χ3v) is 4.73. The lowest BCUT2D eigenvalue weighted by Crippen LogP contribution is -2.59. The highest BCUT2D eigenvalue weighted by Crippen LogP contribution is 2.41.